The molecule has 0 aromatic rings. The molecule has 5 heteroatoms. The number of carboxylic acid groups (broad SMARTS) is 1. The van der Waals surface area contributed by atoms with E-state index >= 15 is 0 Å². The number of cyclic esters (lactones) is 1. The van der Waals surface area contributed by atoms with E-state index in [9.17, 15) is 19.8 Å². The highest BCUT2D eigenvalue weighted by molar-refractivity contribution is 5.82. The third kappa shape index (κ3) is 1.56. The molecule has 0 aromatic heterocycles. The summed E-state index contributed by atoms with van der Waals surface area (Å²) < 4.78 is 5.66. The highest BCUT2D eigenvalue weighted by atomic mass is 16.5. The van der Waals surface area contributed by atoms with Gasteiger partial charge in [0.1, 0.15) is 0 Å². The van der Waals surface area contributed by atoms with Gasteiger partial charge in [-0.15, -0.1) is 0 Å². The Morgan fingerprint density at radius 1 is 1.32 bits per heavy atom. The minimum Gasteiger partial charge on any atom is -0.481 e. The number of carbonyl (C=O) groups excluding carboxylic acids is 1. The lowest BCUT2D eigenvalue weighted by Crippen LogP contribution is -2.58. The first-order chi connectivity index (χ1) is 11.8. The van der Waals surface area contributed by atoms with Gasteiger partial charge in [-0.1, -0.05) is 18.6 Å². The van der Waals surface area contributed by atoms with E-state index in [0.29, 0.717) is 32.3 Å². The predicted octanol–water partition coefficient (Wildman–Crippen LogP) is 2.38. The molecule has 5 rings (SSSR count). The molecular weight excluding hydrogens is 320 g/mol. The normalized spacial score (nSPS) is 56.2. The Morgan fingerprint density at radius 3 is 2.80 bits per heavy atom. The molecule has 1 saturated heterocycles. The lowest BCUT2D eigenvalue weighted by molar-refractivity contribution is -0.201. The fourth-order valence-electron chi connectivity index (χ4n) is 8.15. The first-order valence-electron chi connectivity index (χ1n) is 9.52. The van der Waals surface area contributed by atoms with Crippen molar-refractivity contribution in [3.8, 4) is 0 Å². The second kappa shape index (κ2) is 4.48. The zero-order valence-corrected chi connectivity index (χ0v) is 14.7. The van der Waals surface area contributed by atoms with E-state index in [2.05, 4.69) is 6.58 Å². The molecule has 4 aliphatic carbocycles. The number of esters is 1. The number of aliphatic hydroxyl groups excluding tert-OH is 1. The Hall–Kier alpha value is -1.36. The van der Waals surface area contributed by atoms with E-state index in [1.807, 2.05) is 6.92 Å². The number of carbonyl (C=O) groups is 2. The van der Waals surface area contributed by atoms with E-state index in [0.717, 1.165) is 18.4 Å². The highest BCUT2D eigenvalue weighted by Gasteiger charge is 2.79. The van der Waals surface area contributed by atoms with Crippen molar-refractivity contribution in [3.05, 3.63) is 12.2 Å². The number of ether oxygens (including phenoxy) is 1. The van der Waals surface area contributed by atoms with Crippen LogP contribution in [0.1, 0.15) is 45.4 Å². The molecule has 4 saturated carbocycles. The van der Waals surface area contributed by atoms with Crippen LogP contribution in [-0.2, 0) is 14.3 Å². The van der Waals surface area contributed by atoms with Gasteiger partial charge in [-0.3, -0.25) is 9.59 Å². The SMILES string of the molecule is C=C1C[C@]23C[C@H]1[C@H](O)C[C@H]2[C@@]12CCC[C@@](C)(C(=O)OC1)[C@@H]2[C@@H]3C(=O)O. The number of fused-ring (bicyclic) bond motifs is 1. The van der Waals surface area contributed by atoms with Gasteiger partial charge in [-0.2, -0.15) is 0 Å². The fraction of sp³-hybridized carbons (Fsp3) is 0.800. The summed E-state index contributed by atoms with van der Waals surface area (Å²) >= 11 is 0. The predicted molar refractivity (Wildman–Crippen MR) is 88.4 cm³/mol. The minimum absolute atomic E-state index is 0.0129. The lowest BCUT2D eigenvalue weighted by Gasteiger charge is -2.55. The molecule has 8 atom stereocenters. The Kier molecular flexibility index (Phi) is 2.84. The van der Waals surface area contributed by atoms with Crippen molar-refractivity contribution in [2.24, 2.45) is 39.9 Å². The van der Waals surface area contributed by atoms with Crippen molar-refractivity contribution in [2.75, 3.05) is 6.61 Å². The topological polar surface area (TPSA) is 83.8 Å². The minimum atomic E-state index is -0.774. The summed E-state index contributed by atoms with van der Waals surface area (Å²) in [5.41, 5.74) is -0.364. The number of carboxylic acids is 1. The number of rotatable bonds is 1. The second-order valence-corrected chi connectivity index (χ2v) is 9.61. The average molecular weight is 346 g/mol. The number of hydrogen-bond acceptors (Lipinski definition) is 4. The van der Waals surface area contributed by atoms with E-state index in [4.69, 9.17) is 4.74 Å². The van der Waals surface area contributed by atoms with Crippen LogP contribution >= 0.6 is 0 Å². The summed E-state index contributed by atoms with van der Waals surface area (Å²) in [6, 6.07) is 0. The van der Waals surface area contributed by atoms with Crippen LogP contribution in [0.5, 0.6) is 0 Å². The number of hydrogen-bond donors (Lipinski definition) is 2. The molecule has 0 radical (unpaired) electrons. The van der Waals surface area contributed by atoms with E-state index in [-0.39, 0.29) is 34.6 Å². The van der Waals surface area contributed by atoms with Gasteiger partial charge in [0.2, 0.25) is 0 Å². The Morgan fingerprint density at radius 2 is 2.08 bits per heavy atom. The molecule has 0 aromatic carbocycles. The third-order valence-corrected chi connectivity index (χ3v) is 8.81. The largest absolute Gasteiger partial charge is 0.481 e. The molecule has 0 unspecified atom stereocenters. The van der Waals surface area contributed by atoms with Crippen LogP contribution in [0.25, 0.3) is 0 Å². The zero-order chi connectivity index (χ0) is 17.8. The first-order valence-corrected chi connectivity index (χ1v) is 9.52. The number of aliphatic hydroxyl groups is 1. The van der Waals surface area contributed by atoms with Crippen LogP contribution in [0.15, 0.2) is 12.2 Å². The van der Waals surface area contributed by atoms with Crippen LogP contribution < -0.4 is 0 Å². The van der Waals surface area contributed by atoms with E-state index in [1.165, 1.54) is 0 Å². The third-order valence-electron chi connectivity index (χ3n) is 8.81. The van der Waals surface area contributed by atoms with Gasteiger partial charge in [0.25, 0.3) is 0 Å². The molecule has 4 bridgehead atoms. The van der Waals surface area contributed by atoms with Crippen molar-refractivity contribution in [1.82, 2.24) is 0 Å². The molecule has 1 aliphatic heterocycles. The maximum atomic E-state index is 12.7. The zero-order valence-electron chi connectivity index (χ0n) is 14.7. The van der Waals surface area contributed by atoms with Gasteiger partial charge in [0.05, 0.1) is 24.0 Å². The van der Waals surface area contributed by atoms with Crippen molar-refractivity contribution in [1.29, 1.82) is 0 Å². The van der Waals surface area contributed by atoms with Gasteiger partial charge in [-0.25, -0.2) is 0 Å². The monoisotopic (exact) mass is 346 g/mol. The van der Waals surface area contributed by atoms with Gasteiger partial charge in [-0.05, 0) is 56.3 Å². The lowest BCUT2D eigenvalue weighted by atomic mass is 9.51. The summed E-state index contributed by atoms with van der Waals surface area (Å²) in [6.07, 6.45) is 4.11. The fourth-order valence-corrected chi connectivity index (χ4v) is 8.15. The average Bonchev–Trinajstić information content (AvgIpc) is 2.97. The van der Waals surface area contributed by atoms with Crippen molar-refractivity contribution < 1.29 is 24.5 Å². The smallest absolute Gasteiger partial charge is 0.312 e. The van der Waals surface area contributed by atoms with Crippen LogP contribution in [0.2, 0.25) is 0 Å². The molecule has 0 amide bonds. The summed E-state index contributed by atoms with van der Waals surface area (Å²) in [6.45, 7) is 6.43. The Labute approximate surface area is 147 Å². The Bertz CT molecular complexity index is 700. The Balaban J connectivity index is 1.75. The summed E-state index contributed by atoms with van der Waals surface area (Å²) in [5, 5.41) is 21.0. The van der Waals surface area contributed by atoms with Crippen LogP contribution in [-0.4, -0.2) is 34.9 Å². The van der Waals surface area contributed by atoms with Gasteiger partial charge in [0.15, 0.2) is 0 Å². The van der Waals surface area contributed by atoms with E-state index < -0.39 is 23.4 Å². The van der Waals surface area contributed by atoms with Crippen molar-refractivity contribution in [2.45, 2.75) is 51.6 Å². The van der Waals surface area contributed by atoms with Crippen molar-refractivity contribution in [3.63, 3.8) is 0 Å². The molecule has 25 heavy (non-hydrogen) atoms. The first kappa shape index (κ1) is 15.9. The quantitative estimate of drug-likeness (QED) is 0.563. The maximum Gasteiger partial charge on any atom is 0.312 e. The van der Waals surface area contributed by atoms with E-state index in [1.54, 1.807) is 0 Å². The molecule has 5 nitrogen and oxygen atoms in total. The molecule has 1 spiro atoms. The van der Waals surface area contributed by atoms with Gasteiger partial charge < -0.3 is 14.9 Å². The van der Waals surface area contributed by atoms with Gasteiger partial charge >= 0.3 is 11.9 Å². The standard InChI is InChI=1S/C20H26O5/c1-10-7-20-8-11(10)12(21)6-13(20)19-5-3-4-18(2,17(24)25-9-19)15(19)14(20)16(22)23/h11-15,21H,1,3-9H2,2H3,(H,22,23)/t11-,12-,13+,14-,15+,18-,19-,20+/m1/s1. The molecule has 2 N–H and O–H groups in total. The molecule has 5 fully saturated rings. The molecule has 5 aliphatic rings. The summed E-state index contributed by atoms with van der Waals surface area (Å²) in [5.74, 6) is -1.60. The molecule has 136 valence electrons. The van der Waals surface area contributed by atoms with Crippen LogP contribution in [0.3, 0.4) is 0 Å². The van der Waals surface area contributed by atoms with Crippen LogP contribution in [0, 0.1) is 39.9 Å². The number of aliphatic carboxylic acids is 1. The van der Waals surface area contributed by atoms with Crippen LogP contribution in [0.4, 0.5) is 0 Å². The van der Waals surface area contributed by atoms with Crippen molar-refractivity contribution >= 4 is 11.9 Å². The molecule has 1 heterocycles. The molecular formula is C20H26O5. The summed E-state index contributed by atoms with van der Waals surface area (Å²) in [4.78, 5) is 25.2. The maximum absolute atomic E-state index is 12.7. The highest BCUT2D eigenvalue weighted by Crippen LogP contribution is 2.78. The van der Waals surface area contributed by atoms with Gasteiger partial charge in [0, 0.05) is 11.3 Å². The summed E-state index contributed by atoms with van der Waals surface area (Å²) in [7, 11) is 0. The second-order valence-electron chi connectivity index (χ2n) is 9.61.